The molecule has 0 aromatic carbocycles. The van der Waals surface area contributed by atoms with Crippen LogP contribution in [0.4, 0.5) is 0 Å². The van der Waals surface area contributed by atoms with Crippen molar-refractivity contribution in [1.29, 1.82) is 0 Å². The van der Waals surface area contributed by atoms with E-state index in [2.05, 4.69) is 0 Å². The predicted octanol–water partition coefficient (Wildman–Crippen LogP) is -1.44. The molecule has 6 nitrogen and oxygen atoms in total. The summed E-state index contributed by atoms with van der Waals surface area (Å²) < 4.78 is 29.4. The van der Waals surface area contributed by atoms with E-state index < -0.39 is 10.1 Å². The number of aliphatic hydroxyl groups is 2. The molecule has 16 heavy (non-hydrogen) atoms. The second-order valence-corrected chi connectivity index (χ2v) is 4.85. The normalized spacial score (nSPS) is 11.5. The molecule has 0 aromatic heterocycles. The molecule has 0 aliphatic heterocycles. The molecule has 0 saturated carbocycles. The third-order valence-electron chi connectivity index (χ3n) is 1.93. The van der Waals surface area contributed by atoms with E-state index >= 15 is 0 Å². The van der Waals surface area contributed by atoms with Crippen LogP contribution in [-0.4, -0.2) is 118 Å². The van der Waals surface area contributed by atoms with Crippen LogP contribution >= 0.6 is 0 Å². The zero-order valence-corrected chi connectivity index (χ0v) is 13.6. The average Bonchev–Trinajstić information content (AvgIpc) is 2.12. The largest absolute Gasteiger partial charge is 0.396 e. The molecule has 0 aromatic rings. The van der Waals surface area contributed by atoms with Gasteiger partial charge in [-0.25, -0.2) is 0 Å². The van der Waals surface area contributed by atoms with E-state index in [0.717, 1.165) is 0 Å². The molecule has 8 heteroatoms. The second kappa shape index (κ2) is 11.5. The Morgan fingerprint density at radius 3 is 1.94 bits per heavy atom. The van der Waals surface area contributed by atoms with E-state index in [0.29, 0.717) is 32.5 Å². The Hall–Kier alpha value is 1.43. The van der Waals surface area contributed by atoms with Gasteiger partial charge in [-0.2, -0.15) is 8.42 Å². The summed E-state index contributed by atoms with van der Waals surface area (Å²) in [5, 5.41) is 17.3. The van der Waals surface area contributed by atoms with Crippen molar-refractivity contribution in [3.05, 3.63) is 0 Å². The maximum Gasteiger partial charge on any atom is 0.264 e. The maximum absolute atomic E-state index is 10.4. The average molecular weight is 280 g/mol. The first kappa shape index (κ1) is 19.8. The van der Waals surface area contributed by atoms with Gasteiger partial charge in [0.2, 0.25) is 0 Å². The summed E-state index contributed by atoms with van der Waals surface area (Å²) in [7, 11) is -3.89. The topological polar surface area (TPSA) is 98.1 Å². The van der Waals surface area contributed by atoms with E-state index in [1.807, 2.05) is 4.90 Å². The van der Waals surface area contributed by atoms with Crippen LogP contribution in [0, 0.1) is 0 Å². The Morgan fingerprint density at radius 1 is 0.938 bits per heavy atom. The van der Waals surface area contributed by atoms with Gasteiger partial charge >= 0.3 is 0 Å². The number of hydrogen-bond donors (Lipinski definition) is 3. The van der Waals surface area contributed by atoms with Crippen LogP contribution < -0.4 is 0 Å². The van der Waals surface area contributed by atoms with Crippen molar-refractivity contribution < 1.29 is 23.2 Å². The summed E-state index contributed by atoms with van der Waals surface area (Å²) in [4.78, 5) is 1.85. The summed E-state index contributed by atoms with van der Waals surface area (Å²) in [6, 6.07) is 0. The molecule has 3 N–H and O–H groups in total. The van der Waals surface area contributed by atoms with Crippen molar-refractivity contribution in [2.75, 3.05) is 38.6 Å². The first-order valence-electron chi connectivity index (χ1n) is 4.89. The van der Waals surface area contributed by atoms with Crippen LogP contribution in [0.2, 0.25) is 0 Å². The molecule has 0 saturated heterocycles. The monoisotopic (exact) mass is 280 g/mol. The van der Waals surface area contributed by atoms with Crippen LogP contribution in [0.15, 0.2) is 0 Å². The fourth-order valence-corrected chi connectivity index (χ4v) is 1.74. The number of aliphatic hydroxyl groups excluding tert-OH is 2. The van der Waals surface area contributed by atoms with Crippen molar-refractivity contribution in [2.45, 2.75) is 12.8 Å². The third kappa shape index (κ3) is 13.5. The number of hydrogen-bond acceptors (Lipinski definition) is 5. The Bertz CT molecular complexity index is 247. The molecule has 0 unspecified atom stereocenters. The van der Waals surface area contributed by atoms with Gasteiger partial charge in [0.1, 0.15) is 0 Å². The van der Waals surface area contributed by atoms with Gasteiger partial charge in [-0.3, -0.25) is 4.55 Å². The minimum absolute atomic E-state index is 0. The number of nitrogens with zero attached hydrogens (tertiary/aromatic N) is 1. The molecule has 1 radical (unpaired) electrons. The molecular weight excluding hydrogens is 261 g/mol. The van der Waals surface area contributed by atoms with Gasteiger partial charge in [-0.05, 0) is 19.4 Å². The summed E-state index contributed by atoms with van der Waals surface area (Å²) in [6.45, 7) is 1.62. The molecule has 0 atom stereocenters. The predicted molar refractivity (Wildman–Crippen MR) is 62.0 cm³/mol. The summed E-state index contributed by atoms with van der Waals surface area (Å²) in [5.74, 6) is -0.270. The van der Waals surface area contributed by atoms with Crippen LogP contribution in [0.1, 0.15) is 12.8 Å². The Labute approximate surface area is 139 Å². The third-order valence-corrected chi connectivity index (χ3v) is 2.73. The van der Waals surface area contributed by atoms with Gasteiger partial charge < -0.3 is 15.1 Å². The zero-order chi connectivity index (χ0) is 11.7. The van der Waals surface area contributed by atoms with E-state index in [4.69, 9.17) is 14.8 Å². The molecule has 0 fully saturated rings. The van der Waals surface area contributed by atoms with E-state index in [1.165, 1.54) is 0 Å². The quantitative estimate of drug-likeness (QED) is 0.353. The minimum Gasteiger partial charge on any atom is -0.396 e. The van der Waals surface area contributed by atoms with E-state index in [-0.39, 0.29) is 70.4 Å². The minimum atomic E-state index is -3.89. The van der Waals surface area contributed by atoms with Crippen LogP contribution in [0.25, 0.3) is 0 Å². The van der Waals surface area contributed by atoms with Gasteiger partial charge in [0.25, 0.3) is 10.1 Å². The maximum atomic E-state index is 10.4. The Kier molecular flexibility index (Phi) is 14.2. The summed E-state index contributed by atoms with van der Waals surface area (Å²) in [5.41, 5.74) is 0. The van der Waals surface area contributed by atoms with E-state index in [1.54, 1.807) is 0 Å². The van der Waals surface area contributed by atoms with Crippen molar-refractivity contribution >= 4 is 61.5 Å². The zero-order valence-electron chi connectivity index (χ0n) is 9.67. The molecule has 0 spiro atoms. The first-order chi connectivity index (χ1) is 6.99. The molecule has 0 heterocycles. The fraction of sp³-hybridized carbons (Fsp3) is 1.00. The number of rotatable bonds is 9. The van der Waals surface area contributed by atoms with Gasteiger partial charge in [0.05, 0.1) is 12.4 Å². The first-order valence-corrected chi connectivity index (χ1v) is 6.49. The van der Waals surface area contributed by atoms with Crippen molar-refractivity contribution in [1.82, 2.24) is 4.90 Å². The van der Waals surface area contributed by atoms with Gasteiger partial charge in [0, 0.05) is 71.1 Å². The summed E-state index contributed by atoms with van der Waals surface area (Å²) >= 11 is 0. The molecule has 0 amide bonds. The fourth-order valence-electron chi connectivity index (χ4n) is 1.24. The van der Waals surface area contributed by atoms with Crippen molar-refractivity contribution in [3.8, 4) is 0 Å². The van der Waals surface area contributed by atoms with Gasteiger partial charge in [-0.15, -0.1) is 0 Å². The van der Waals surface area contributed by atoms with Crippen molar-refractivity contribution in [2.24, 2.45) is 0 Å². The van der Waals surface area contributed by atoms with Crippen LogP contribution in [0.5, 0.6) is 0 Å². The standard InChI is InChI=1S/C8H19NO5S.K/c10-6-1-3-9(5-7-11)4-2-8-15(12,13)14;/h10-11H,1-8H2,(H,12,13,14);. The molecular formula is C8H19KNO5S. The second-order valence-electron chi connectivity index (χ2n) is 3.28. The van der Waals surface area contributed by atoms with Crippen molar-refractivity contribution in [3.63, 3.8) is 0 Å². The molecule has 93 valence electrons. The van der Waals surface area contributed by atoms with Gasteiger partial charge in [-0.1, -0.05) is 0 Å². The van der Waals surface area contributed by atoms with Crippen LogP contribution in [0.3, 0.4) is 0 Å². The molecule has 0 bridgehead atoms. The summed E-state index contributed by atoms with van der Waals surface area (Å²) in [6.07, 6.45) is 0.913. The molecule has 0 aliphatic rings. The van der Waals surface area contributed by atoms with Crippen LogP contribution in [-0.2, 0) is 10.1 Å². The van der Waals surface area contributed by atoms with E-state index in [9.17, 15) is 8.42 Å². The molecule has 0 aliphatic carbocycles. The van der Waals surface area contributed by atoms with Gasteiger partial charge in [0.15, 0.2) is 0 Å². The SMILES string of the molecule is O=S(=O)(O)CCCN(CCO)CCCO.[K]. The Balaban J connectivity index is 0. The Morgan fingerprint density at radius 2 is 1.50 bits per heavy atom. The molecule has 0 rings (SSSR count). The smallest absolute Gasteiger partial charge is 0.264 e.